The lowest BCUT2D eigenvalue weighted by molar-refractivity contribution is 0.143. The van der Waals surface area contributed by atoms with Gasteiger partial charge in [-0.15, -0.1) is 0 Å². The van der Waals surface area contributed by atoms with Crippen LogP contribution in [-0.2, 0) is 19.4 Å². The van der Waals surface area contributed by atoms with E-state index in [1.165, 1.54) is 28.9 Å². The van der Waals surface area contributed by atoms with Crippen LogP contribution in [-0.4, -0.2) is 35.7 Å². The van der Waals surface area contributed by atoms with E-state index in [1.807, 2.05) is 0 Å². The van der Waals surface area contributed by atoms with Crippen LogP contribution < -0.4 is 5.32 Å². The average Bonchev–Trinajstić information content (AvgIpc) is 2.82. The first kappa shape index (κ1) is 13.9. The van der Waals surface area contributed by atoms with Gasteiger partial charge >= 0.3 is 6.03 Å². The van der Waals surface area contributed by atoms with Crippen molar-refractivity contribution in [1.29, 1.82) is 0 Å². The molecule has 2 rings (SSSR count). The van der Waals surface area contributed by atoms with Gasteiger partial charge < -0.3 is 15.3 Å². The zero-order valence-electron chi connectivity index (χ0n) is 11.6. The van der Waals surface area contributed by atoms with E-state index in [0.29, 0.717) is 13.1 Å². The number of aliphatic hydroxyl groups is 1. The van der Waals surface area contributed by atoms with Crippen LogP contribution in [0.3, 0.4) is 0 Å². The molecule has 1 unspecified atom stereocenters. The molecule has 0 aromatic heterocycles. The summed E-state index contributed by atoms with van der Waals surface area (Å²) in [6, 6.07) is 6.29. The van der Waals surface area contributed by atoms with Gasteiger partial charge in [0.2, 0.25) is 0 Å². The normalized spacial score (nSPS) is 14.9. The Morgan fingerprint density at radius 3 is 2.89 bits per heavy atom. The molecule has 1 atom stereocenters. The van der Waals surface area contributed by atoms with Crippen LogP contribution in [0.1, 0.15) is 30.0 Å². The first-order chi connectivity index (χ1) is 9.06. The third-order valence-electron chi connectivity index (χ3n) is 3.49. The molecule has 1 aromatic rings. The third-order valence-corrected chi connectivity index (χ3v) is 3.49. The van der Waals surface area contributed by atoms with Crippen LogP contribution in [0.15, 0.2) is 18.2 Å². The molecule has 2 N–H and O–H groups in total. The highest BCUT2D eigenvalue weighted by Gasteiger charge is 2.12. The van der Waals surface area contributed by atoms with Gasteiger partial charge in [-0.3, -0.25) is 0 Å². The number of likely N-dealkylation sites (N-methyl/N-ethyl adjacent to an activating group) is 1. The topological polar surface area (TPSA) is 52.6 Å². The van der Waals surface area contributed by atoms with Crippen LogP contribution >= 0.6 is 0 Å². The predicted octanol–water partition coefficient (Wildman–Crippen LogP) is 1.70. The second-order valence-corrected chi connectivity index (χ2v) is 5.34. The van der Waals surface area contributed by atoms with Crippen molar-refractivity contribution in [3.63, 3.8) is 0 Å². The zero-order valence-corrected chi connectivity index (χ0v) is 11.6. The van der Waals surface area contributed by atoms with Gasteiger partial charge in [0.05, 0.1) is 6.10 Å². The van der Waals surface area contributed by atoms with Crippen molar-refractivity contribution in [1.82, 2.24) is 10.2 Å². The summed E-state index contributed by atoms with van der Waals surface area (Å²) in [6.07, 6.45) is 3.07. The Hall–Kier alpha value is -1.55. The van der Waals surface area contributed by atoms with Crippen LogP contribution in [0.4, 0.5) is 4.79 Å². The maximum Gasteiger partial charge on any atom is 0.317 e. The number of hydrogen-bond acceptors (Lipinski definition) is 2. The van der Waals surface area contributed by atoms with Crippen LogP contribution in [0.5, 0.6) is 0 Å². The molecule has 1 aromatic carbocycles. The van der Waals surface area contributed by atoms with E-state index in [-0.39, 0.29) is 6.03 Å². The largest absolute Gasteiger partial charge is 0.392 e. The number of nitrogens with zero attached hydrogens (tertiary/aromatic N) is 1. The molecule has 0 spiro atoms. The molecule has 0 saturated carbocycles. The minimum Gasteiger partial charge on any atom is -0.392 e. The number of aliphatic hydroxyl groups excluding tert-OH is 1. The van der Waals surface area contributed by atoms with Gasteiger partial charge in [0, 0.05) is 20.1 Å². The molecular formula is C15H22N2O2. The van der Waals surface area contributed by atoms with Crippen molar-refractivity contribution < 1.29 is 9.90 Å². The van der Waals surface area contributed by atoms with E-state index in [2.05, 4.69) is 23.5 Å². The Morgan fingerprint density at radius 1 is 1.42 bits per heavy atom. The van der Waals surface area contributed by atoms with Crippen LogP contribution in [0, 0.1) is 0 Å². The number of fused-ring (bicyclic) bond motifs is 1. The number of aryl methyl sites for hydroxylation is 2. The minimum absolute atomic E-state index is 0.151. The van der Waals surface area contributed by atoms with E-state index in [4.69, 9.17) is 0 Å². The molecule has 4 heteroatoms. The Bertz CT molecular complexity index is 457. The highest BCUT2D eigenvalue weighted by atomic mass is 16.3. The molecule has 0 heterocycles. The summed E-state index contributed by atoms with van der Waals surface area (Å²) in [5, 5.41) is 12.1. The first-order valence-corrected chi connectivity index (χ1v) is 6.84. The molecule has 0 fully saturated rings. The number of urea groups is 1. The fraction of sp³-hybridized carbons (Fsp3) is 0.533. The van der Waals surface area contributed by atoms with E-state index < -0.39 is 6.10 Å². The quantitative estimate of drug-likeness (QED) is 0.867. The van der Waals surface area contributed by atoms with Crippen LogP contribution in [0.2, 0.25) is 0 Å². The Labute approximate surface area is 114 Å². The molecule has 1 aliphatic carbocycles. The van der Waals surface area contributed by atoms with Gasteiger partial charge in [-0.25, -0.2) is 4.79 Å². The van der Waals surface area contributed by atoms with E-state index >= 15 is 0 Å². The molecule has 0 aliphatic heterocycles. The minimum atomic E-state index is -0.504. The van der Waals surface area contributed by atoms with Gasteiger partial charge in [-0.2, -0.15) is 0 Å². The van der Waals surface area contributed by atoms with Gasteiger partial charge in [0.25, 0.3) is 0 Å². The highest BCUT2D eigenvalue weighted by molar-refractivity contribution is 5.73. The zero-order chi connectivity index (χ0) is 13.8. The lowest BCUT2D eigenvalue weighted by Gasteiger charge is -2.19. The molecule has 2 amide bonds. The van der Waals surface area contributed by atoms with E-state index in [9.17, 15) is 9.90 Å². The second-order valence-electron chi connectivity index (χ2n) is 5.34. The third kappa shape index (κ3) is 3.70. The summed E-state index contributed by atoms with van der Waals surface area (Å²) in [5.41, 5.74) is 4.00. The number of amides is 2. The van der Waals surface area contributed by atoms with Crippen molar-refractivity contribution >= 4 is 6.03 Å². The standard InChI is InChI=1S/C15H22N2O2/c1-11(18)10-17(2)15(19)16-9-12-6-7-13-4-3-5-14(13)8-12/h6-8,11,18H,3-5,9-10H2,1-2H3,(H,16,19). The summed E-state index contributed by atoms with van der Waals surface area (Å²) >= 11 is 0. The Kier molecular flexibility index (Phi) is 4.43. The molecule has 1 aliphatic rings. The first-order valence-electron chi connectivity index (χ1n) is 6.84. The lowest BCUT2D eigenvalue weighted by atomic mass is 10.1. The Balaban J connectivity index is 1.87. The summed E-state index contributed by atoms with van der Waals surface area (Å²) in [4.78, 5) is 13.3. The van der Waals surface area contributed by atoms with Gasteiger partial charge in [-0.1, -0.05) is 18.2 Å². The number of carbonyl (C=O) groups excluding carboxylic acids is 1. The fourth-order valence-electron chi connectivity index (χ4n) is 2.53. The van der Waals surface area contributed by atoms with E-state index in [1.54, 1.807) is 14.0 Å². The fourth-order valence-corrected chi connectivity index (χ4v) is 2.53. The summed E-state index contributed by atoms with van der Waals surface area (Å²) in [5.74, 6) is 0. The van der Waals surface area contributed by atoms with E-state index in [0.717, 1.165) is 12.0 Å². The highest BCUT2D eigenvalue weighted by Crippen LogP contribution is 2.22. The van der Waals surface area contributed by atoms with Crippen LogP contribution in [0.25, 0.3) is 0 Å². The smallest absolute Gasteiger partial charge is 0.317 e. The monoisotopic (exact) mass is 262 g/mol. The maximum absolute atomic E-state index is 11.8. The van der Waals surface area contributed by atoms with Gasteiger partial charge in [0.15, 0.2) is 0 Å². The van der Waals surface area contributed by atoms with Gasteiger partial charge in [0.1, 0.15) is 0 Å². The molecule has 19 heavy (non-hydrogen) atoms. The summed E-state index contributed by atoms with van der Waals surface area (Å²) in [7, 11) is 1.69. The van der Waals surface area contributed by atoms with Crippen molar-refractivity contribution in [2.24, 2.45) is 0 Å². The molecular weight excluding hydrogens is 240 g/mol. The number of carbonyl (C=O) groups is 1. The van der Waals surface area contributed by atoms with Gasteiger partial charge in [-0.05, 0) is 42.9 Å². The molecule has 0 saturated heterocycles. The molecule has 104 valence electrons. The van der Waals surface area contributed by atoms with Crippen molar-refractivity contribution in [3.05, 3.63) is 34.9 Å². The molecule has 0 bridgehead atoms. The lowest BCUT2D eigenvalue weighted by Crippen LogP contribution is -2.40. The van der Waals surface area contributed by atoms with Crippen molar-refractivity contribution in [3.8, 4) is 0 Å². The molecule has 0 radical (unpaired) electrons. The van der Waals surface area contributed by atoms with Crippen molar-refractivity contribution in [2.45, 2.75) is 38.8 Å². The maximum atomic E-state index is 11.8. The Morgan fingerprint density at radius 2 is 2.16 bits per heavy atom. The number of nitrogens with one attached hydrogen (secondary N) is 1. The molecule has 4 nitrogen and oxygen atoms in total. The SMILES string of the molecule is CC(O)CN(C)C(=O)NCc1ccc2c(c1)CCC2. The summed E-state index contributed by atoms with van der Waals surface area (Å²) < 4.78 is 0. The second kappa shape index (κ2) is 6.06. The summed E-state index contributed by atoms with van der Waals surface area (Å²) in [6.45, 7) is 2.55. The number of rotatable bonds is 4. The average molecular weight is 262 g/mol. The number of hydrogen-bond donors (Lipinski definition) is 2. The van der Waals surface area contributed by atoms with Crippen molar-refractivity contribution in [2.75, 3.05) is 13.6 Å². The predicted molar refractivity (Wildman–Crippen MR) is 75.0 cm³/mol. The number of benzene rings is 1.